The van der Waals surface area contributed by atoms with E-state index in [1.54, 1.807) is 36.4 Å². The molecular formula is C32H26N6O2. The SMILES string of the molecule is C=Cc1c[nH]c(Nc2ncnc(Nc3[nH]cc(C=C)c3-c3ccccc3O)c3cccc2-3)c1-c1ccccc1O. The minimum absolute atomic E-state index is 0.163. The zero-order valence-electron chi connectivity index (χ0n) is 21.4. The number of benzene rings is 2. The highest BCUT2D eigenvalue weighted by Gasteiger charge is 2.21. The van der Waals surface area contributed by atoms with Crippen LogP contribution in [0.2, 0.25) is 0 Å². The quantitative estimate of drug-likeness (QED) is 0.121. The average Bonchev–Trinajstić information content (AvgIpc) is 3.69. The minimum Gasteiger partial charge on any atom is -0.507 e. The molecule has 0 spiro atoms. The number of para-hydroxylation sites is 2. The maximum Gasteiger partial charge on any atom is 0.141 e. The predicted molar refractivity (Wildman–Crippen MR) is 161 cm³/mol. The monoisotopic (exact) mass is 526 g/mol. The van der Waals surface area contributed by atoms with Gasteiger partial charge in [-0.05, 0) is 12.1 Å². The van der Waals surface area contributed by atoms with Gasteiger partial charge in [-0.15, -0.1) is 0 Å². The number of anilines is 4. The van der Waals surface area contributed by atoms with E-state index in [0.717, 1.165) is 33.4 Å². The second-order valence-corrected chi connectivity index (χ2v) is 9.10. The highest BCUT2D eigenvalue weighted by atomic mass is 16.3. The number of aromatic amines is 2. The number of rotatable bonds is 8. The molecule has 0 unspecified atom stereocenters. The van der Waals surface area contributed by atoms with Gasteiger partial charge in [-0.1, -0.05) is 79.9 Å². The maximum atomic E-state index is 10.6. The van der Waals surface area contributed by atoms with E-state index in [2.05, 4.69) is 43.7 Å². The van der Waals surface area contributed by atoms with Crippen LogP contribution in [0.5, 0.6) is 11.5 Å². The number of phenols is 2. The van der Waals surface area contributed by atoms with Gasteiger partial charge in [0.15, 0.2) is 0 Å². The number of H-pyrrole nitrogens is 2. The van der Waals surface area contributed by atoms with Crippen molar-refractivity contribution in [3.05, 3.63) is 110 Å². The second kappa shape index (κ2) is 10.2. The molecule has 0 saturated carbocycles. The smallest absolute Gasteiger partial charge is 0.141 e. The molecule has 1 aliphatic carbocycles. The minimum atomic E-state index is 0.163. The molecule has 0 fully saturated rings. The molecule has 40 heavy (non-hydrogen) atoms. The number of aromatic hydroxyl groups is 2. The van der Waals surface area contributed by atoms with E-state index in [0.29, 0.717) is 34.4 Å². The molecule has 1 aliphatic heterocycles. The molecule has 196 valence electrons. The van der Waals surface area contributed by atoms with Crippen LogP contribution in [0.1, 0.15) is 11.1 Å². The molecule has 2 aromatic carbocycles. The Hall–Kier alpha value is -5.76. The lowest BCUT2D eigenvalue weighted by atomic mass is 10.0. The first-order chi connectivity index (χ1) is 19.6. The predicted octanol–water partition coefficient (Wildman–Crippen LogP) is 7.76. The fourth-order valence-electron chi connectivity index (χ4n) is 4.90. The molecule has 6 N–H and O–H groups in total. The van der Waals surface area contributed by atoms with Crippen LogP contribution >= 0.6 is 0 Å². The van der Waals surface area contributed by atoms with Crippen LogP contribution in [0.15, 0.2) is 98.6 Å². The van der Waals surface area contributed by atoms with Gasteiger partial charge in [0.25, 0.3) is 0 Å². The summed E-state index contributed by atoms with van der Waals surface area (Å²) in [7, 11) is 0. The number of fused-ring (bicyclic) bond motifs is 1. The number of aromatic nitrogens is 4. The van der Waals surface area contributed by atoms with E-state index < -0.39 is 0 Å². The molecule has 0 saturated heterocycles. The van der Waals surface area contributed by atoms with Crippen LogP contribution < -0.4 is 10.6 Å². The molecule has 0 bridgehead atoms. The number of hydrogen-bond donors (Lipinski definition) is 6. The van der Waals surface area contributed by atoms with Crippen LogP contribution in [0.25, 0.3) is 45.5 Å². The summed E-state index contributed by atoms with van der Waals surface area (Å²) < 4.78 is 0. The van der Waals surface area contributed by atoms with Crippen molar-refractivity contribution in [1.82, 2.24) is 19.9 Å². The van der Waals surface area contributed by atoms with Crippen molar-refractivity contribution in [2.24, 2.45) is 0 Å². The first-order valence-corrected chi connectivity index (χ1v) is 12.6. The molecule has 0 amide bonds. The first kappa shape index (κ1) is 24.6. The van der Waals surface area contributed by atoms with Crippen LogP contribution in [0.4, 0.5) is 23.3 Å². The van der Waals surface area contributed by atoms with Crippen molar-refractivity contribution < 1.29 is 10.2 Å². The number of nitrogens with zero attached hydrogens (tertiary/aromatic N) is 2. The molecule has 2 aromatic heterocycles. The third-order valence-electron chi connectivity index (χ3n) is 6.79. The van der Waals surface area contributed by atoms with Crippen molar-refractivity contribution >= 4 is 35.4 Å². The van der Waals surface area contributed by atoms with Gasteiger partial charge in [0.05, 0.1) is 0 Å². The largest absolute Gasteiger partial charge is 0.507 e. The van der Waals surface area contributed by atoms with Gasteiger partial charge in [0.1, 0.15) is 41.1 Å². The Bertz CT molecular complexity index is 1700. The van der Waals surface area contributed by atoms with Crippen LogP contribution in [-0.2, 0) is 0 Å². The highest BCUT2D eigenvalue weighted by molar-refractivity contribution is 5.94. The fraction of sp³-hybridized carbons (Fsp3) is 0. The van der Waals surface area contributed by atoms with Crippen LogP contribution in [0, 0.1) is 0 Å². The van der Waals surface area contributed by atoms with E-state index in [1.165, 1.54) is 6.33 Å². The average molecular weight is 527 g/mol. The molecule has 0 radical (unpaired) electrons. The molecule has 0 atom stereocenters. The summed E-state index contributed by atoms with van der Waals surface area (Å²) in [4.78, 5) is 15.7. The van der Waals surface area contributed by atoms with Crippen molar-refractivity contribution in [1.29, 1.82) is 0 Å². The van der Waals surface area contributed by atoms with Crippen molar-refractivity contribution in [2.45, 2.75) is 0 Å². The van der Waals surface area contributed by atoms with E-state index in [4.69, 9.17) is 0 Å². The van der Waals surface area contributed by atoms with Gasteiger partial charge in [-0.2, -0.15) is 0 Å². The van der Waals surface area contributed by atoms with Gasteiger partial charge in [-0.3, -0.25) is 0 Å². The molecule has 4 aromatic rings. The molecule has 6 rings (SSSR count). The van der Waals surface area contributed by atoms with Crippen molar-refractivity contribution in [3.8, 4) is 44.9 Å². The normalized spacial score (nSPS) is 10.9. The van der Waals surface area contributed by atoms with Crippen molar-refractivity contribution in [3.63, 3.8) is 0 Å². The van der Waals surface area contributed by atoms with E-state index in [-0.39, 0.29) is 11.5 Å². The zero-order chi connectivity index (χ0) is 27.6. The Kier molecular flexibility index (Phi) is 6.26. The summed E-state index contributed by atoms with van der Waals surface area (Å²) in [5.74, 6) is 2.80. The summed E-state index contributed by atoms with van der Waals surface area (Å²) in [5.41, 5.74) is 6.24. The number of hydrogen-bond acceptors (Lipinski definition) is 6. The number of phenolic OH excluding ortho intramolecular Hbond substituents is 2. The molecule has 2 aliphatic rings. The second-order valence-electron chi connectivity index (χ2n) is 9.10. The topological polar surface area (TPSA) is 122 Å². The lowest BCUT2D eigenvalue weighted by molar-refractivity contribution is 0.477. The lowest BCUT2D eigenvalue weighted by Crippen LogP contribution is -1.97. The van der Waals surface area contributed by atoms with Gasteiger partial charge < -0.3 is 30.8 Å². The Morgan fingerprint density at radius 3 is 1.45 bits per heavy atom. The molecular weight excluding hydrogens is 500 g/mol. The van der Waals surface area contributed by atoms with E-state index >= 15 is 0 Å². The summed E-state index contributed by atoms with van der Waals surface area (Å²) in [6.07, 6.45) is 8.62. The third kappa shape index (κ3) is 4.23. The Morgan fingerprint density at radius 1 is 0.600 bits per heavy atom. The highest BCUT2D eigenvalue weighted by Crippen LogP contribution is 2.43. The van der Waals surface area contributed by atoms with E-state index in [1.807, 2.05) is 54.9 Å². The lowest BCUT2D eigenvalue weighted by Gasteiger charge is -2.12. The van der Waals surface area contributed by atoms with Gasteiger partial charge >= 0.3 is 0 Å². The standard InChI is InChI=1S/C32H26N6O2/c1-3-19-16-33-31(27(19)23-10-5-7-14-25(23)39)37-29-21-12-9-13-22(21)30(36-18-35-29)38-32-28(20(4-2)17-34-32)24-11-6-8-15-26(24)40/h3-18,33-34,39-40H,1-2H2,(H2,35,36,37,38). The van der Waals surface area contributed by atoms with Crippen LogP contribution in [0.3, 0.4) is 0 Å². The Labute approximate surface area is 230 Å². The Morgan fingerprint density at radius 2 is 1.02 bits per heavy atom. The Balaban J connectivity index is 1.39. The summed E-state index contributed by atoms with van der Waals surface area (Å²) in [6.45, 7) is 7.85. The fourth-order valence-corrected chi connectivity index (χ4v) is 4.90. The summed E-state index contributed by atoms with van der Waals surface area (Å²) in [6, 6.07) is 20.2. The van der Waals surface area contributed by atoms with Gasteiger partial charge in [-0.25, -0.2) is 9.97 Å². The number of nitrogens with one attached hydrogen (secondary N) is 4. The van der Waals surface area contributed by atoms with Gasteiger partial charge in [0, 0.05) is 56.9 Å². The van der Waals surface area contributed by atoms with Crippen molar-refractivity contribution in [2.75, 3.05) is 10.6 Å². The van der Waals surface area contributed by atoms with E-state index in [9.17, 15) is 10.2 Å². The summed E-state index contributed by atoms with van der Waals surface area (Å²) >= 11 is 0. The maximum absolute atomic E-state index is 10.6. The third-order valence-corrected chi connectivity index (χ3v) is 6.79. The molecule has 8 nitrogen and oxygen atoms in total. The zero-order valence-corrected chi connectivity index (χ0v) is 21.4. The van der Waals surface area contributed by atoms with Crippen LogP contribution in [-0.4, -0.2) is 30.1 Å². The molecule has 3 heterocycles. The summed E-state index contributed by atoms with van der Waals surface area (Å²) in [5, 5.41) is 27.9. The first-order valence-electron chi connectivity index (χ1n) is 12.6. The van der Waals surface area contributed by atoms with Gasteiger partial charge in [0.2, 0.25) is 0 Å². The molecule has 8 heteroatoms.